The zero-order valence-electron chi connectivity index (χ0n) is 16.5. The number of hydrogen-bond donors (Lipinski definition) is 2. The number of para-hydroxylation sites is 1. The van der Waals surface area contributed by atoms with Gasteiger partial charge in [0.1, 0.15) is 6.61 Å². The van der Waals surface area contributed by atoms with E-state index in [1.807, 2.05) is 31.2 Å². The van der Waals surface area contributed by atoms with Crippen LogP contribution in [-0.2, 0) is 13.2 Å². The Balaban J connectivity index is 1.82. The molecule has 5 nitrogen and oxygen atoms in total. The summed E-state index contributed by atoms with van der Waals surface area (Å²) < 4.78 is 11.5. The molecule has 0 aliphatic heterocycles. The van der Waals surface area contributed by atoms with E-state index in [9.17, 15) is 9.90 Å². The number of carbonyl (C=O) groups is 1. The van der Waals surface area contributed by atoms with Crippen LogP contribution in [0.5, 0.6) is 11.5 Å². The summed E-state index contributed by atoms with van der Waals surface area (Å²) in [6.45, 7) is 2.58. The first kappa shape index (κ1) is 21.8. The molecule has 0 unspecified atom stereocenters. The summed E-state index contributed by atoms with van der Waals surface area (Å²) in [5.74, 6) is 0.212. The Morgan fingerprint density at radius 2 is 1.87 bits per heavy atom. The van der Waals surface area contributed by atoms with Crippen molar-refractivity contribution in [3.8, 4) is 11.5 Å². The van der Waals surface area contributed by atoms with Gasteiger partial charge < -0.3 is 19.9 Å². The summed E-state index contributed by atoms with van der Waals surface area (Å²) in [7, 11) is 1.58. The van der Waals surface area contributed by atoms with Gasteiger partial charge in [0.05, 0.1) is 12.7 Å². The minimum Gasteiger partial charge on any atom is -0.493 e. The second kappa shape index (κ2) is 9.74. The van der Waals surface area contributed by atoms with Crippen LogP contribution < -0.4 is 14.8 Å². The third-order valence-corrected chi connectivity index (χ3v) is 5.21. The first-order valence-electron chi connectivity index (χ1n) is 9.19. The summed E-state index contributed by atoms with van der Waals surface area (Å²) in [6.07, 6.45) is 0. The molecule has 30 heavy (non-hydrogen) atoms. The fourth-order valence-electron chi connectivity index (χ4n) is 2.95. The van der Waals surface area contributed by atoms with Crippen molar-refractivity contribution in [2.75, 3.05) is 12.4 Å². The van der Waals surface area contributed by atoms with Crippen molar-refractivity contribution in [2.45, 2.75) is 20.1 Å². The molecule has 0 aromatic heterocycles. The van der Waals surface area contributed by atoms with Gasteiger partial charge in [-0.25, -0.2) is 4.79 Å². The number of halogens is 2. The van der Waals surface area contributed by atoms with E-state index in [1.165, 1.54) is 0 Å². The lowest BCUT2D eigenvalue weighted by Gasteiger charge is -2.17. The highest BCUT2D eigenvalue weighted by molar-refractivity contribution is 6.35. The molecule has 0 aliphatic carbocycles. The molecule has 2 N–H and O–H groups in total. The van der Waals surface area contributed by atoms with E-state index in [2.05, 4.69) is 5.32 Å². The minimum atomic E-state index is -0.969. The number of methoxy groups -OCH3 is 1. The molecular weight excluding hydrogens is 425 g/mol. The minimum absolute atomic E-state index is 0.225. The Kier molecular flexibility index (Phi) is 7.08. The number of benzene rings is 3. The second-order valence-corrected chi connectivity index (χ2v) is 7.50. The standard InChI is InChI=1S/C23H21Cl2NO4/c1-14-6-7-15(23(27)28)10-20(14)26-12-16-4-3-5-21(29-2)22(16)30-13-17-8-9-18(24)11-19(17)25/h3-11,26H,12-13H2,1-2H3,(H,27,28). The summed E-state index contributed by atoms with van der Waals surface area (Å²) in [5.41, 5.74) is 3.57. The Bertz CT molecular complexity index is 1070. The number of hydrogen-bond acceptors (Lipinski definition) is 4. The van der Waals surface area contributed by atoms with Crippen LogP contribution in [0.4, 0.5) is 5.69 Å². The van der Waals surface area contributed by atoms with Crippen LogP contribution in [0.1, 0.15) is 27.0 Å². The Morgan fingerprint density at radius 3 is 2.57 bits per heavy atom. The van der Waals surface area contributed by atoms with E-state index >= 15 is 0 Å². The van der Waals surface area contributed by atoms with Crippen LogP contribution in [0.25, 0.3) is 0 Å². The van der Waals surface area contributed by atoms with Gasteiger partial charge in [0.15, 0.2) is 11.5 Å². The molecule has 0 atom stereocenters. The van der Waals surface area contributed by atoms with Crippen LogP contribution in [0, 0.1) is 6.92 Å². The van der Waals surface area contributed by atoms with Crippen LogP contribution in [0.2, 0.25) is 10.0 Å². The van der Waals surface area contributed by atoms with Crippen LogP contribution in [-0.4, -0.2) is 18.2 Å². The zero-order valence-corrected chi connectivity index (χ0v) is 18.1. The molecule has 0 fully saturated rings. The van der Waals surface area contributed by atoms with Gasteiger partial charge in [-0.1, -0.05) is 47.5 Å². The Labute approximate surface area is 185 Å². The number of rotatable bonds is 8. The molecule has 3 aromatic carbocycles. The number of aryl methyl sites for hydroxylation is 1. The monoisotopic (exact) mass is 445 g/mol. The van der Waals surface area contributed by atoms with Crippen molar-refractivity contribution < 1.29 is 19.4 Å². The second-order valence-electron chi connectivity index (χ2n) is 6.66. The molecule has 156 valence electrons. The van der Waals surface area contributed by atoms with E-state index in [-0.39, 0.29) is 12.2 Å². The highest BCUT2D eigenvalue weighted by Crippen LogP contribution is 2.33. The van der Waals surface area contributed by atoms with Crippen molar-refractivity contribution in [1.29, 1.82) is 0 Å². The molecule has 3 rings (SSSR count). The molecule has 3 aromatic rings. The topological polar surface area (TPSA) is 67.8 Å². The van der Waals surface area contributed by atoms with Gasteiger partial charge in [0.25, 0.3) is 0 Å². The van der Waals surface area contributed by atoms with Crippen LogP contribution in [0.3, 0.4) is 0 Å². The van der Waals surface area contributed by atoms with Crippen molar-refractivity contribution >= 4 is 34.9 Å². The van der Waals surface area contributed by atoms with Crippen molar-refractivity contribution in [2.24, 2.45) is 0 Å². The maximum absolute atomic E-state index is 11.3. The number of ether oxygens (including phenoxy) is 2. The predicted molar refractivity (Wildman–Crippen MR) is 119 cm³/mol. The number of anilines is 1. The van der Waals surface area contributed by atoms with E-state index in [1.54, 1.807) is 37.4 Å². The van der Waals surface area contributed by atoms with E-state index in [0.717, 1.165) is 22.4 Å². The van der Waals surface area contributed by atoms with Gasteiger partial charge in [-0.15, -0.1) is 0 Å². The molecule has 7 heteroatoms. The first-order chi connectivity index (χ1) is 14.4. The first-order valence-corrected chi connectivity index (χ1v) is 9.95. The molecule has 0 heterocycles. The third-order valence-electron chi connectivity index (χ3n) is 4.62. The van der Waals surface area contributed by atoms with E-state index in [0.29, 0.717) is 28.1 Å². The largest absolute Gasteiger partial charge is 0.493 e. The predicted octanol–water partition coefficient (Wildman–Crippen LogP) is 6.20. The van der Waals surface area contributed by atoms with Gasteiger partial charge in [0, 0.05) is 33.4 Å². The number of nitrogens with one attached hydrogen (secondary N) is 1. The zero-order chi connectivity index (χ0) is 21.7. The molecule has 0 saturated heterocycles. The van der Waals surface area contributed by atoms with Crippen molar-refractivity contribution in [3.05, 3.63) is 86.9 Å². The summed E-state index contributed by atoms with van der Waals surface area (Å²) in [5, 5.41) is 13.6. The fourth-order valence-corrected chi connectivity index (χ4v) is 3.41. The highest BCUT2D eigenvalue weighted by Gasteiger charge is 2.13. The lowest BCUT2D eigenvalue weighted by Crippen LogP contribution is -2.07. The van der Waals surface area contributed by atoms with Gasteiger partial charge in [-0.05, 0) is 42.8 Å². The molecule has 0 radical (unpaired) electrons. The smallest absolute Gasteiger partial charge is 0.335 e. The molecule has 0 spiro atoms. The average Bonchev–Trinajstić information content (AvgIpc) is 2.72. The molecule has 0 amide bonds. The third kappa shape index (κ3) is 5.17. The Hall–Kier alpha value is -2.89. The van der Waals surface area contributed by atoms with E-state index < -0.39 is 5.97 Å². The fraction of sp³-hybridized carbons (Fsp3) is 0.174. The quantitative estimate of drug-likeness (QED) is 0.431. The number of carboxylic acid groups (broad SMARTS) is 1. The maximum atomic E-state index is 11.3. The molecule has 0 aliphatic rings. The highest BCUT2D eigenvalue weighted by atomic mass is 35.5. The van der Waals surface area contributed by atoms with Gasteiger partial charge >= 0.3 is 5.97 Å². The van der Waals surface area contributed by atoms with E-state index in [4.69, 9.17) is 32.7 Å². The van der Waals surface area contributed by atoms with Crippen LogP contribution >= 0.6 is 23.2 Å². The molecular formula is C23H21Cl2NO4. The maximum Gasteiger partial charge on any atom is 0.335 e. The van der Waals surface area contributed by atoms with Gasteiger partial charge in [-0.3, -0.25) is 0 Å². The van der Waals surface area contributed by atoms with Crippen molar-refractivity contribution in [1.82, 2.24) is 0 Å². The summed E-state index contributed by atoms with van der Waals surface area (Å²) >= 11 is 12.2. The lowest BCUT2D eigenvalue weighted by molar-refractivity contribution is 0.0697. The average molecular weight is 446 g/mol. The molecule has 0 saturated carbocycles. The molecule has 0 bridgehead atoms. The van der Waals surface area contributed by atoms with Crippen molar-refractivity contribution in [3.63, 3.8) is 0 Å². The van der Waals surface area contributed by atoms with Gasteiger partial charge in [-0.2, -0.15) is 0 Å². The lowest BCUT2D eigenvalue weighted by atomic mass is 10.1. The van der Waals surface area contributed by atoms with Crippen LogP contribution in [0.15, 0.2) is 54.6 Å². The normalized spacial score (nSPS) is 10.5. The number of carboxylic acids is 1. The van der Waals surface area contributed by atoms with Gasteiger partial charge in [0.2, 0.25) is 0 Å². The number of aromatic carboxylic acids is 1. The Morgan fingerprint density at radius 1 is 1.07 bits per heavy atom. The summed E-state index contributed by atoms with van der Waals surface area (Å²) in [6, 6.07) is 15.8. The SMILES string of the molecule is COc1cccc(CNc2cc(C(=O)O)ccc2C)c1OCc1ccc(Cl)cc1Cl. The summed E-state index contributed by atoms with van der Waals surface area (Å²) in [4.78, 5) is 11.3.